The first-order valence-corrected chi connectivity index (χ1v) is 3.00. The molecule has 0 heterocycles. The minimum atomic E-state index is -0.796. The van der Waals surface area contributed by atoms with Crippen LogP contribution in [0.4, 0.5) is 0 Å². The third-order valence-corrected chi connectivity index (χ3v) is 1.12. The minimum Gasteiger partial charge on any atom is -0.500 e. The van der Waals surface area contributed by atoms with E-state index in [1.807, 2.05) is 6.92 Å². The number of aliphatic hydroxyl groups is 2. The van der Waals surface area contributed by atoms with Crippen molar-refractivity contribution in [2.24, 2.45) is 0 Å². The molecule has 0 spiro atoms. The molecule has 0 fully saturated rings. The van der Waals surface area contributed by atoms with Gasteiger partial charge in [-0.2, -0.15) is 0 Å². The Morgan fingerprint density at radius 2 is 2.25 bits per heavy atom. The fourth-order valence-corrected chi connectivity index (χ4v) is 0.515. The number of aliphatic hydroxyl groups excluding tert-OH is 2. The van der Waals surface area contributed by atoms with Crippen molar-refractivity contribution < 1.29 is 10.2 Å². The highest BCUT2D eigenvalue weighted by Gasteiger charge is 2.05. The molecule has 2 N–H and O–H groups in total. The first-order chi connectivity index (χ1) is 3.68. The summed E-state index contributed by atoms with van der Waals surface area (Å²) in [5.41, 5.74) is 0. The SMILES string of the molecule is CCCC(O)C(O)=S. The first-order valence-electron chi connectivity index (χ1n) is 2.59. The lowest BCUT2D eigenvalue weighted by molar-refractivity contribution is 0.210. The van der Waals surface area contributed by atoms with Crippen LogP contribution in [-0.2, 0) is 0 Å². The second kappa shape index (κ2) is 3.80. The third kappa shape index (κ3) is 2.93. The standard InChI is InChI=1S/C5H10O2S/c1-2-3-4(6)5(7)8/h4,6H,2-3H2,1H3,(H,7,8). The lowest BCUT2D eigenvalue weighted by atomic mass is 10.2. The highest BCUT2D eigenvalue weighted by atomic mass is 32.1. The van der Waals surface area contributed by atoms with E-state index in [9.17, 15) is 0 Å². The van der Waals surface area contributed by atoms with Gasteiger partial charge < -0.3 is 10.2 Å². The molecule has 0 aromatic carbocycles. The van der Waals surface area contributed by atoms with Gasteiger partial charge in [0.25, 0.3) is 0 Å². The van der Waals surface area contributed by atoms with E-state index in [-0.39, 0.29) is 5.05 Å². The lowest BCUT2D eigenvalue weighted by Gasteiger charge is -2.02. The van der Waals surface area contributed by atoms with Crippen LogP contribution in [0.1, 0.15) is 19.8 Å². The van der Waals surface area contributed by atoms with E-state index in [0.29, 0.717) is 6.42 Å². The molecule has 0 aliphatic carbocycles. The quantitative estimate of drug-likeness (QED) is 0.566. The summed E-state index contributed by atoms with van der Waals surface area (Å²) in [4.78, 5) is 0. The molecule has 0 saturated carbocycles. The Kier molecular flexibility index (Phi) is 3.73. The normalized spacial score (nSPS) is 13.2. The number of hydrogen-bond donors (Lipinski definition) is 2. The van der Waals surface area contributed by atoms with Crippen molar-refractivity contribution in [3.8, 4) is 0 Å². The van der Waals surface area contributed by atoms with E-state index < -0.39 is 6.10 Å². The van der Waals surface area contributed by atoms with Gasteiger partial charge in [0, 0.05) is 0 Å². The predicted octanol–water partition coefficient (Wildman–Crippen LogP) is 1.03. The van der Waals surface area contributed by atoms with Crippen molar-refractivity contribution in [2.45, 2.75) is 25.9 Å². The zero-order chi connectivity index (χ0) is 6.57. The maximum atomic E-state index is 8.74. The number of hydrogen-bond acceptors (Lipinski definition) is 2. The molecule has 0 amide bonds. The van der Waals surface area contributed by atoms with Crippen LogP contribution in [0.15, 0.2) is 0 Å². The molecule has 0 radical (unpaired) electrons. The van der Waals surface area contributed by atoms with Crippen LogP contribution in [0.25, 0.3) is 0 Å². The molecule has 0 aliphatic heterocycles. The second-order valence-corrected chi connectivity index (χ2v) is 2.06. The Morgan fingerprint density at radius 1 is 1.75 bits per heavy atom. The summed E-state index contributed by atoms with van der Waals surface area (Å²) >= 11 is 4.29. The fourth-order valence-electron chi connectivity index (χ4n) is 0.397. The summed E-state index contributed by atoms with van der Waals surface area (Å²) in [5, 5.41) is 16.9. The summed E-state index contributed by atoms with van der Waals surface area (Å²) in [5.74, 6) is 0. The second-order valence-electron chi connectivity index (χ2n) is 1.64. The van der Waals surface area contributed by atoms with Gasteiger partial charge in [-0.3, -0.25) is 0 Å². The van der Waals surface area contributed by atoms with Crippen LogP contribution >= 0.6 is 12.2 Å². The maximum Gasteiger partial charge on any atom is 0.186 e. The zero-order valence-electron chi connectivity index (χ0n) is 4.79. The molecular formula is C5H10O2S. The van der Waals surface area contributed by atoms with Crippen molar-refractivity contribution in [3.63, 3.8) is 0 Å². The van der Waals surface area contributed by atoms with Crippen molar-refractivity contribution in [3.05, 3.63) is 0 Å². The predicted molar refractivity (Wildman–Crippen MR) is 36.1 cm³/mol. The van der Waals surface area contributed by atoms with Crippen LogP contribution in [0.2, 0.25) is 0 Å². The van der Waals surface area contributed by atoms with E-state index in [4.69, 9.17) is 10.2 Å². The van der Waals surface area contributed by atoms with Gasteiger partial charge in [0.1, 0.15) is 6.10 Å². The maximum absolute atomic E-state index is 8.74. The topological polar surface area (TPSA) is 40.5 Å². The number of rotatable bonds is 3. The van der Waals surface area contributed by atoms with Crippen molar-refractivity contribution in [1.29, 1.82) is 0 Å². The van der Waals surface area contributed by atoms with Crippen LogP contribution < -0.4 is 0 Å². The number of thiocarbonyl (C=S) groups is 1. The van der Waals surface area contributed by atoms with Gasteiger partial charge in [0.05, 0.1) is 0 Å². The van der Waals surface area contributed by atoms with Crippen molar-refractivity contribution in [2.75, 3.05) is 0 Å². The van der Waals surface area contributed by atoms with E-state index >= 15 is 0 Å². The molecule has 0 aliphatic rings. The first kappa shape index (κ1) is 7.85. The van der Waals surface area contributed by atoms with E-state index in [0.717, 1.165) is 6.42 Å². The molecule has 0 rings (SSSR count). The van der Waals surface area contributed by atoms with Crippen LogP contribution in [0, 0.1) is 0 Å². The molecule has 0 aromatic rings. The van der Waals surface area contributed by atoms with Gasteiger partial charge >= 0.3 is 0 Å². The van der Waals surface area contributed by atoms with Gasteiger partial charge in [-0.1, -0.05) is 13.3 Å². The van der Waals surface area contributed by atoms with Crippen molar-refractivity contribution in [1.82, 2.24) is 0 Å². The molecule has 3 heteroatoms. The van der Waals surface area contributed by atoms with E-state index in [1.165, 1.54) is 0 Å². The van der Waals surface area contributed by atoms with E-state index in [1.54, 1.807) is 0 Å². The molecule has 48 valence electrons. The smallest absolute Gasteiger partial charge is 0.186 e. The Hall–Kier alpha value is -0.150. The molecule has 0 bridgehead atoms. The molecular weight excluding hydrogens is 124 g/mol. The Bertz CT molecular complexity index is 82.5. The van der Waals surface area contributed by atoms with Crippen LogP contribution in [0.3, 0.4) is 0 Å². The molecule has 8 heavy (non-hydrogen) atoms. The fraction of sp³-hybridized carbons (Fsp3) is 0.800. The summed E-state index contributed by atoms with van der Waals surface area (Å²) < 4.78 is 0. The van der Waals surface area contributed by atoms with Gasteiger partial charge in [0.2, 0.25) is 0 Å². The highest BCUT2D eigenvalue weighted by molar-refractivity contribution is 7.80. The summed E-state index contributed by atoms with van der Waals surface area (Å²) in [6, 6.07) is 0. The molecule has 2 nitrogen and oxygen atoms in total. The largest absolute Gasteiger partial charge is 0.500 e. The van der Waals surface area contributed by atoms with Gasteiger partial charge in [0.15, 0.2) is 5.05 Å². The van der Waals surface area contributed by atoms with Crippen LogP contribution in [0.5, 0.6) is 0 Å². The molecule has 1 atom stereocenters. The van der Waals surface area contributed by atoms with Crippen molar-refractivity contribution >= 4 is 17.3 Å². The zero-order valence-corrected chi connectivity index (χ0v) is 5.61. The third-order valence-electron chi connectivity index (χ3n) is 0.847. The van der Waals surface area contributed by atoms with E-state index in [2.05, 4.69) is 12.2 Å². The highest BCUT2D eigenvalue weighted by Crippen LogP contribution is 1.95. The summed E-state index contributed by atoms with van der Waals surface area (Å²) in [7, 11) is 0. The summed E-state index contributed by atoms with van der Waals surface area (Å²) in [6.45, 7) is 1.92. The molecule has 0 saturated heterocycles. The molecule has 1 unspecified atom stereocenters. The average molecular weight is 134 g/mol. The minimum absolute atomic E-state index is 0.299. The van der Waals surface area contributed by atoms with Gasteiger partial charge in [-0.25, -0.2) is 0 Å². The monoisotopic (exact) mass is 134 g/mol. The Labute approximate surface area is 54.1 Å². The Morgan fingerprint density at radius 3 is 2.38 bits per heavy atom. The molecule has 0 aromatic heterocycles. The van der Waals surface area contributed by atoms with Gasteiger partial charge in [-0.15, -0.1) is 0 Å². The van der Waals surface area contributed by atoms with Crippen LogP contribution in [-0.4, -0.2) is 21.4 Å². The Balaban J connectivity index is 3.32. The summed E-state index contributed by atoms with van der Waals surface area (Å²) in [6.07, 6.45) is 0.590. The lowest BCUT2D eigenvalue weighted by Crippen LogP contribution is -2.16. The van der Waals surface area contributed by atoms with Gasteiger partial charge in [-0.05, 0) is 18.6 Å². The average Bonchev–Trinajstić information content (AvgIpc) is 1.67.